The van der Waals surface area contributed by atoms with E-state index in [0.717, 1.165) is 4.88 Å². The first-order valence-electron chi connectivity index (χ1n) is 4.14. The highest BCUT2D eigenvalue weighted by Gasteiger charge is 2.10. The summed E-state index contributed by atoms with van der Waals surface area (Å²) in [4.78, 5) is 12.1. The van der Waals surface area contributed by atoms with Crippen LogP contribution in [-0.2, 0) is 4.74 Å². The van der Waals surface area contributed by atoms with Crippen LogP contribution in [0.15, 0.2) is 23.6 Å². The number of aromatic nitrogens is 3. The van der Waals surface area contributed by atoms with Crippen molar-refractivity contribution in [3.05, 3.63) is 29.3 Å². The molecule has 2 aromatic heterocycles. The summed E-state index contributed by atoms with van der Waals surface area (Å²) in [5.41, 5.74) is 0.788. The maximum absolute atomic E-state index is 11.2. The number of methoxy groups -OCH3 is 1. The highest BCUT2D eigenvalue weighted by Crippen LogP contribution is 2.21. The molecule has 6 heteroatoms. The van der Waals surface area contributed by atoms with Crippen LogP contribution >= 0.6 is 11.3 Å². The molecule has 2 rings (SSSR count). The van der Waals surface area contributed by atoms with E-state index in [1.54, 1.807) is 6.07 Å². The van der Waals surface area contributed by atoms with Crippen molar-refractivity contribution in [2.75, 3.05) is 7.11 Å². The van der Waals surface area contributed by atoms with Crippen LogP contribution in [0.1, 0.15) is 10.5 Å². The summed E-state index contributed by atoms with van der Waals surface area (Å²) < 4.78 is 4.54. The Balaban J connectivity index is 2.39. The van der Waals surface area contributed by atoms with E-state index in [4.69, 9.17) is 0 Å². The van der Waals surface area contributed by atoms with E-state index >= 15 is 0 Å². The average Bonchev–Trinajstić information content (AvgIpc) is 2.82. The third kappa shape index (κ3) is 1.99. The van der Waals surface area contributed by atoms with Gasteiger partial charge in [0.15, 0.2) is 5.69 Å². The van der Waals surface area contributed by atoms with E-state index in [-0.39, 0.29) is 5.69 Å². The highest BCUT2D eigenvalue weighted by molar-refractivity contribution is 7.13. The van der Waals surface area contributed by atoms with Crippen molar-refractivity contribution in [3.8, 4) is 10.6 Å². The van der Waals surface area contributed by atoms with Crippen molar-refractivity contribution in [2.24, 2.45) is 0 Å². The van der Waals surface area contributed by atoms with Crippen molar-refractivity contribution in [1.29, 1.82) is 0 Å². The molecule has 0 saturated heterocycles. The smallest absolute Gasteiger partial charge is 0.358 e. The molecule has 0 amide bonds. The predicted octanol–water partition coefficient (Wildman–Crippen LogP) is 1.39. The Morgan fingerprint density at radius 2 is 2.33 bits per heavy atom. The van der Waals surface area contributed by atoms with Gasteiger partial charge in [-0.05, 0) is 16.7 Å². The molecule has 5 nitrogen and oxygen atoms in total. The standard InChI is InChI=1S/C9H7N3O2S/c1-14-9(13)7-5-6(10-12-11-7)8-3-2-4-15-8/h2-5H,1H3. The molecular weight excluding hydrogens is 214 g/mol. The molecule has 0 aromatic carbocycles. The van der Waals surface area contributed by atoms with Crippen LogP contribution in [0.4, 0.5) is 0 Å². The van der Waals surface area contributed by atoms with E-state index in [2.05, 4.69) is 20.1 Å². The van der Waals surface area contributed by atoms with Gasteiger partial charge in [-0.1, -0.05) is 6.07 Å². The van der Waals surface area contributed by atoms with Gasteiger partial charge in [-0.25, -0.2) is 4.79 Å². The van der Waals surface area contributed by atoms with Gasteiger partial charge >= 0.3 is 5.97 Å². The number of rotatable bonds is 2. The van der Waals surface area contributed by atoms with Gasteiger partial charge in [0.25, 0.3) is 0 Å². The Kier molecular flexibility index (Phi) is 2.68. The predicted molar refractivity (Wildman–Crippen MR) is 54.5 cm³/mol. The van der Waals surface area contributed by atoms with Gasteiger partial charge in [-0.3, -0.25) is 0 Å². The second-order valence-corrected chi connectivity index (χ2v) is 3.62. The van der Waals surface area contributed by atoms with Crippen LogP contribution in [0.5, 0.6) is 0 Å². The number of ether oxygens (including phenoxy) is 1. The fourth-order valence-electron chi connectivity index (χ4n) is 1.05. The van der Waals surface area contributed by atoms with Crippen molar-refractivity contribution < 1.29 is 9.53 Å². The molecule has 15 heavy (non-hydrogen) atoms. The number of carbonyl (C=O) groups is 1. The van der Waals surface area contributed by atoms with E-state index in [9.17, 15) is 4.79 Å². The SMILES string of the molecule is COC(=O)c1cc(-c2cccs2)nnn1. The van der Waals surface area contributed by atoms with Gasteiger partial charge in [0.1, 0.15) is 5.69 Å². The Morgan fingerprint density at radius 1 is 1.47 bits per heavy atom. The summed E-state index contributed by atoms with van der Waals surface area (Å²) in [7, 11) is 1.30. The summed E-state index contributed by atoms with van der Waals surface area (Å²) in [5.74, 6) is -0.511. The van der Waals surface area contributed by atoms with Crippen LogP contribution in [0.2, 0.25) is 0 Å². The van der Waals surface area contributed by atoms with Crippen molar-refractivity contribution in [3.63, 3.8) is 0 Å². The maximum Gasteiger partial charge on any atom is 0.358 e. The lowest BCUT2D eigenvalue weighted by molar-refractivity contribution is 0.0592. The van der Waals surface area contributed by atoms with Gasteiger partial charge in [0.2, 0.25) is 0 Å². The van der Waals surface area contributed by atoms with E-state index in [1.807, 2.05) is 17.5 Å². The van der Waals surface area contributed by atoms with Crippen LogP contribution < -0.4 is 0 Å². The van der Waals surface area contributed by atoms with Gasteiger partial charge in [0, 0.05) is 6.07 Å². The second kappa shape index (κ2) is 4.14. The minimum atomic E-state index is -0.511. The largest absolute Gasteiger partial charge is 0.464 e. The lowest BCUT2D eigenvalue weighted by Gasteiger charge is -1.98. The summed E-state index contributed by atoms with van der Waals surface area (Å²) >= 11 is 1.52. The average molecular weight is 221 g/mol. The maximum atomic E-state index is 11.2. The zero-order valence-electron chi connectivity index (χ0n) is 7.88. The lowest BCUT2D eigenvalue weighted by atomic mass is 10.3. The van der Waals surface area contributed by atoms with Crippen LogP contribution in [0, 0.1) is 0 Å². The molecule has 0 fully saturated rings. The molecule has 0 N–H and O–H groups in total. The molecule has 0 saturated carbocycles. The van der Waals surface area contributed by atoms with Gasteiger partial charge in [-0.15, -0.1) is 21.5 Å². The van der Waals surface area contributed by atoms with Crippen molar-refractivity contribution in [2.45, 2.75) is 0 Å². The molecule has 0 unspecified atom stereocenters. The topological polar surface area (TPSA) is 65.0 Å². The molecule has 0 atom stereocenters. The number of carbonyl (C=O) groups excluding carboxylic acids is 1. The molecule has 0 aliphatic rings. The fraction of sp³-hybridized carbons (Fsp3) is 0.111. The molecule has 0 aliphatic carbocycles. The molecule has 2 heterocycles. The van der Waals surface area contributed by atoms with E-state index < -0.39 is 5.97 Å². The lowest BCUT2D eigenvalue weighted by Crippen LogP contribution is -2.06. The number of hydrogen-bond donors (Lipinski definition) is 0. The third-order valence-corrected chi connectivity index (χ3v) is 2.64. The first-order chi connectivity index (χ1) is 7.31. The van der Waals surface area contributed by atoms with Gasteiger partial charge in [0.05, 0.1) is 12.0 Å². The summed E-state index contributed by atoms with van der Waals surface area (Å²) in [6, 6.07) is 5.36. The molecular formula is C9H7N3O2S. The third-order valence-electron chi connectivity index (χ3n) is 1.75. The summed E-state index contributed by atoms with van der Waals surface area (Å²) in [6.45, 7) is 0. The van der Waals surface area contributed by atoms with Crippen LogP contribution in [0.3, 0.4) is 0 Å². The highest BCUT2D eigenvalue weighted by atomic mass is 32.1. The molecule has 0 radical (unpaired) electrons. The zero-order valence-corrected chi connectivity index (χ0v) is 8.69. The molecule has 0 spiro atoms. The Labute approximate surface area is 89.7 Å². The molecule has 2 aromatic rings. The Bertz CT molecular complexity index is 470. The van der Waals surface area contributed by atoms with E-state index in [0.29, 0.717) is 5.69 Å². The Hall–Kier alpha value is -1.82. The zero-order chi connectivity index (χ0) is 10.7. The van der Waals surface area contributed by atoms with Crippen LogP contribution in [-0.4, -0.2) is 28.5 Å². The second-order valence-electron chi connectivity index (χ2n) is 2.67. The first kappa shape index (κ1) is 9.72. The summed E-state index contributed by atoms with van der Waals surface area (Å²) in [6.07, 6.45) is 0. The van der Waals surface area contributed by atoms with Gasteiger partial charge in [-0.2, -0.15) is 0 Å². The number of hydrogen-bond acceptors (Lipinski definition) is 6. The first-order valence-corrected chi connectivity index (χ1v) is 5.02. The van der Waals surface area contributed by atoms with Crippen molar-refractivity contribution >= 4 is 17.3 Å². The minimum absolute atomic E-state index is 0.163. The molecule has 0 aliphatic heterocycles. The fourth-order valence-corrected chi connectivity index (χ4v) is 1.74. The quantitative estimate of drug-likeness (QED) is 0.717. The Morgan fingerprint density at radius 3 is 3.00 bits per heavy atom. The number of thiophene rings is 1. The number of esters is 1. The van der Waals surface area contributed by atoms with Gasteiger partial charge < -0.3 is 4.74 Å². The normalized spacial score (nSPS) is 9.93. The van der Waals surface area contributed by atoms with Crippen LogP contribution in [0.25, 0.3) is 10.6 Å². The molecule has 76 valence electrons. The van der Waals surface area contributed by atoms with E-state index in [1.165, 1.54) is 18.4 Å². The monoisotopic (exact) mass is 221 g/mol. The van der Waals surface area contributed by atoms with Crippen molar-refractivity contribution in [1.82, 2.24) is 15.4 Å². The minimum Gasteiger partial charge on any atom is -0.464 e. The molecule has 0 bridgehead atoms. The number of nitrogens with zero attached hydrogens (tertiary/aromatic N) is 3. The summed E-state index contributed by atoms with van der Waals surface area (Å²) in [5, 5.41) is 12.9.